The number of carboxylic acids is 2. The molecule has 0 aliphatic carbocycles. The number of unbranched alkanes of at least 4 members (excludes halogenated alkanes) is 6. The van der Waals surface area contributed by atoms with Crippen molar-refractivity contribution in [2.45, 2.75) is 79.1 Å². The molecule has 0 spiro atoms. The molecule has 0 aliphatic rings. The minimum Gasteiger partial charge on any atom is -0.549 e. The number of rotatable bonds is 17. The lowest BCUT2D eigenvalue weighted by molar-refractivity contribution is -0.326. The fraction of sp³-hybridized carbons (Fsp3) is 0.739. The van der Waals surface area contributed by atoms with E-state index < -0.39 is 46.7 Å². The van der Waals surface area contributed by atoms with E-state index in [0.717, 1.165) is 38.5 Å². The summed E-state index contributed by atoms with van der Waals surface area (Å²) in [7, 11) is 0. The lowest BCUT2D eigenvalue weighted by Gasteiger charge is -2.44. The molecule has 0 rings (SSSR count). The van der Waals surface area contributed by atoms with Crippen molar-refractivity contribution in [3.63, 3.8) is 0 Å². The molecule has 0 aliphatic heterocycles. The van der Waals surface area contributed by atoms with Crippen LogP contribution in [0, 0.1) is 17.3 Å². The van der Waals surface area contributed by atoms with Gasteiger partial charge in [-0.25, -0.2) is 0 Å². The smallest absolute Gasteiger partial charge is 0.309 e. The molecule has 0 radical (unpaired) electrons. The van der Waals surface area contributed by atoms with Gasteiger partial charge in [0.05, 0.1) is 42.4 Å². The van der Waals surface area contributed by atoms with Crippen molar-refractivity contribution in [2.24, 2.45) is 17.3 Å². The van der Waals surface area contributed by atoms with Gasteiger partial charge >= 0.3 is 11.9 Å². The average Bonchev–Trinajstić information content (AvgIpc) is 2.72. The highest BCUT2D eigenvalue weighted by atomic mass is 16.5. The molecule has 8 heteroatoms. The zero-order chi connectivity index (χ0) is 24.0. The van der Waals surface area contributed by atoms with Crippen LogP contribution in [-0.4, -0.2) is 37.1 Å². The molecule has 0 amide bonds. The molecule has 8 nitrogen and oxygen atoms in total. The van der Waals surface area contributed by atoms with Gasteiger partial charge in [-0.2, -0.15) is 0 Å². The first kappa shape index (κ1) is 28.6. The standard InChI is InChI=1S/C23H38O8/c1-6-8-10-12-14-30-20(26)17(4)23(22(28)29,16(3)19(24)25)18(5)21(27)31-15-13-11-9-7-2/h17-18H,3,6-15H2,1-2,4-5H3,(H,24,25)(H,28,29)/p-2. The Labute approximate surface area is 185 Å². The molecular weight excluding hydrogens is 404 g/mol. The minimum absolute atomic E-state index is 0.0559. The van der Waals surface area contributed by atoms with Crippen LogP contribution in [0.2, 0.25) is 0 Å². The maximum Gasteiger partial charge on any atom is 0.309 e. The van der Waals surface area contributed by atoms with E-state index in [2.05, 4.69) is 6.58 Å². The van der Waals surface area contributed by atoms with Crippen LogP contribution < -0.4 is 10.2 Å². The third-order valence-corrected chi connectivity index (χ3v) is 5.64. The van der Waals surface area contributed by atoms with Gasteiger partial charge in [0.1, 0.15) is 0 Å². The second-order valence-electron chi connectivity index (χ2n) is 7.82. The van der Waals surface area contributed by atoms with Crippen LogP contribution in [0.3, 0.4) is 0 Å². The van der Waals surface area contributed by atoms with E-state index >= 15 is 0 Å². The van der Waals surface area contributed by atoms with E-state index in [4.69, 9.17) is 9.47 Å². The van der Waals surface area contributed by atoms with Crippen LogP contribution in [0.5, 0.6) is 0 Å². The van der Waals surface area contributed by atoms with Crippen molar-refractivity contribution < 1.29 is 38.9 Å². The Balaban J connectivity index is 5.62. The topological polar surface area (TPSA) is 133 Å². The normalized spacial score (nSPS) is 14.7. The molecule has 0 saturated heterocycles. The highest BCUT2D eigenvalue weighted by Gasteiger charge is 2.52. The molecule has 0 bridgehead atoms. The van der Waals surface area contributed by atoms with E-state index in [0.29, 0.717) is 12.8 Å². The molecule has 2 unspecified atom stereocenters. The van der Waals surface area contributed by atoms with E-state index in [1.54, 1.807) is 0 Å². The molecule has 0 aromatic heterocycles. The predicted molar refractivity (Wildman–Crippen MR) is 110 cm³/mol. The van der Waals surface area contributed by atoms with Crippen LogP contribution in [-0.2, 0) is 28.7 Å². The molecule has 2 atom stereocenters. The maximum atomic E-state index is 12.6. The summed E-state index contributed by atoms with van der Waals surface area (Å²) in [5.41, 5.74) is -3.50. The highest BCUT2D eigenvalue weighted by Crippen LogP contribution is 2.43. The van der Waals surface area contributed by atoms with Gasteiger partial charge in [-0.1, -0.05) is 72.8 Å². The first-order chi connectivity index (χ1) is 14.6. The Hall–Kier alpha value is -2.38. The summed E-state index contributed by atoms with van der Waals surface area (Å²) in [5, 5.41) is 23.8. The van der Waals surface area contributed by atoms with Crippen molar-refractivity contribution in [1.82, 2.24) is 0 Å². The third-order valence-electron chi connectivity index (χ3n) is 5.64. The van der Waals surface area contributed by atoms with Crippen molar-refractivity contribution in [2.75, 3.05) is 13.2 Å². The number of aliphatic carboxylic acids is 2. The molecule has 178 valence electrons. The maximum absolute atomic E-state index is 12.6. The molecule has 0 N–H and O–H groups in total. The summed E-state index contributed by atoms with van der Waals surface area (Å²) < 4.78 is 10.3. The van der Waals surface area contributed by atoms with Gasteiger partial charge < -0.3 is 29.3 Å². The Morgan fingerprint density at radius 3 is 1.45 bits per heavy atom. The van der Waals surface area contributed by atoms with E-state index in [1.165, 1.54) is 13.8 Å². The van der Waals surface area contributed by atoms with Crippen molar-refractivity contribution in [1.29, 1.82) is 0 Å². The largest absolute Gasteiger partial charge is 0.549 e. The predicted octanol–water partition coefficient (Wildman–Crippen LogP) is 1.55. The van der Waals surface area contributed by atoms with E-state index in [1.807, 2.05) is 13.8 Å². The van der Waals surface area contributed by atoms with Crippen molar-refractivity contribution in [3.05, 3.63) is 12.2 Å². The van der Waals surface area contributed by atoms with E-state index in [-0.39, 0.29) is 13.2 Å². The summed E-state index contributed by atoms with van der Waals surface area (Å²) in [6.07, 6.45) is 6.72. The van der Waals surface area contributed by atoms with Gasteiger partial charge in [0.15, 0.2) is 0 Å². The lowest BCUT2D eigenvalue weighted by atomic mass is 9.63. The zero-order valence-corrected chi connectivity index (χ0v) is 19.2. The van der Waals surface area contributed by atoms with Crippen molar-refractivity contribution in [3.8, 4) is 0 Å². The van der Waals surface area contributed by atoms with Crippen LogP contribution in [0.15, 0.2) is 12.2 Å². The van der Waals surface area contributed by atoms with E-state index in [9.17, 15) is 29.4 Å². The number of hydrogen-bond acceptors (Lipinski definition) is 8. The lowest BCUT2D eigenvalue weighted by Crippen LogP contribution is -2.58. The first-order valence-corrected chi connectivity index (χ1v) is 11.0. The fourth-order valence-electron chi connectivity index (χ4n) is 3.57. The summed E-state index contributed by atoms with van der Waals surface area (Å²) in [6, 6.07) is 0. The summed E-state index contributed by atoms with van der Waals surface area (Å²) in [5.74, 6) is -8.84. The Kier molecular flexibility index (Phi) is 13.5. The zero-order valence-electron chi connectivity index (χ0n) is 19.2. The van der Waals surface area contributed by atoms with Crippen LogP contribution >= 0.6 is 0 Å². The Morgan fingerprint density at radius 1 is 0.774 bits per heavy atom. The number of ether oxygens (including phenoxy) is 2. The summed E-state index contributed by atoms with van der Waals surface area (Å²) in [6.45, 7) is 9.83. The molecule has 0 saturated carbocycles. The first-order valence-electron chi connectivity index (χ1n) is 11.0. The summed E-state index contributed by atoms with van der Waals surface area (Å²) >= 11 is 0. The van der Waals surface area contributed by atoms with Gasteiger partial charge in [0, 0.05) is 0 Å². The molecule has 0 heterocycles. The van der Waals surface area contributed by atoms with Gasteiger partial charge in [0.25, 0.3) is 0 Å². The quantitative estimate of drug-likeness (QED) is 0.189. The third kappa shape index (κ3) is 7.99. The SMILES string of the molecule is C=C(C(=O)[O-])C(C(=O)[O-])(C(C)C(=O)OCCCCCC)C(C)C(=O)OCCCCCC. The minimum atomic E-state index is -2.57. The molecule has 0 fully saturated rings. The Bertz CT molecular complexity index is 593. The monoisotopic (exact) mass is 440 g/mol. The Morgan fingerprint density at radius 2 is 1.16 bits per heavy atom. The highest BCUT2D eigenvalue weighted by molar-refractivity contribution is 6.00. The molecule has 0 aromatic rings. The van der Waals surface area contributed by atoms with Gasteiger partial charge in [-0.15, -0.1) is 0 Å². The van der Waals surface area contributed by atoms with Crippen LogP contribution in [0.4, 0.5) is 0 Å². The van der Waals surface area contributed by atoms with Crippen LogP contribution in [0.25, 0.3) is 0 Å². The number of esters is 2. The number of hydrogen-bond donors (Lipinski definition) is 0. The van der Waals surface area contributed by atoms with Gasteiger partial charge in [-0.05, 0) is 18.4 Å². The number of carbonyl (C=O) groups excluding carboxylic acids is 4. The van der Waals surface area contributed by atoms with Gasteiger partial charge in [-0.3, -0.25) is 9.59 Å². The summed E-state index contributed by atoms with van der Waals surface area (Å²) in [4.78, 5) is 49.0. The average molecular weight is 441 g/mol. The van der Waals surface area contributed by atoms with Crippen molar-refractivity contribution >= 4 is 23.9 Å². The number of carbonyl (C=O) groups is 4. The molecule has 0 aromatic carbocycles. The van der Waals surface area contributed by atoms with Gasteiger partial charge in [0.2, 0.25) is 0 Å². The van der Waals surface area contributed by atoms with Crippen LogP contribution in [0.1, 0.15) is 79.1 Å². The second-order valence-corrected chi connectivity index (χ2v) is 7.82. The molecular formula is C23H36O8-2. The fourth-order valence-corrected chi connectivity index (χ4v) is 3.57. The molecule has 31 heavy (non-hydrogen) atoms. The second kappa shape index (κ2) is 14.6. The number of carboxylic acid groups (broad SMARTS) is 2.